The molecule has 0 radical (unpaired) electrons. The first-order chi connectivity index (χ1) is 31.4. The number of nitrogens with one attached hydrogen (secondary N) is 1. The van der Waals surface area contributed by atoms with Crippen LogP contribution in [0.2, 0.25) is 0 Å². The number of allylic oxidation sites excluding steroid dienone is 5. The zero-order valence-electron chi connectivity index (χ0n) is 40.7. The summed E-state index contributed by atoms with van der Waals surface area (Å²) >= 11 is 0. The standard InChI is InChI=1S/C51H95NO12S/c1-3-5-7-9-11-13-15-17-19-20-21-22-23-24-25-26-28-30-32-34-36-38-40-45(55)50(58)52-43(42-62-51-48(57)49(64-65(59,60)61)47(56)46(41-53)63-51)44(54)39-37-35-33-31-29-27-18-16-14-12-10-8-6-4-2/h24-25,29,31,37,39,43-49,51,53-57H,3-23,26-28,30,32-36,38,40-42H2,1-2H3,(H,52,58)(H,59,60,61)/b25-24-,31-29+,39-37+. The number of ether oxygens (including phenoxy) is 2. The van der Waals surface area contributed by atoms with Gasteiger partial charge in [-0.1, -0.05) is 198 Å². The number of aliphatic hydroxyl groups is 5. The summed E-state index contributed by atoms with van der Waals surface area (Å²) in [5, 5.41) is 55.3. The summed E-state index contributed by atoms with van der Waals surface area (Å²) in [6, 6.07) is -1.14. The second-order valence-corrected chi connectivity index (χ2v) is 19.3. The smallest absolute Gasteiger partial charge is 0.394 e. The third kappa shape index (κ3) is 33.4. The molecule has 8 atom stereocenters. The summed E-state index contributed by atoms with van der Waals surface area (Å²) in [6.07, 6.45) is 38.0. The molecule has 0 aromatic carbocycles. The first kappa shape index (κ1) is 61.3. The second-order valence-electron chi connectivity index (χ2n) is 18.2. The van der Waals surface area contributed by atoms with Gasteiger partial charge in [0.1, 0.15) is 30.5 Å². The van der Waals surface area contributed by atoms with Gasteiger partial charge in [0.2, 0.25) is 5.91 Å². The van der Waals surface area contributed by atoms with Gasteiger partial charge in [-0.05, 0) is 57.8 Å². The van der Waals surface area contributed by atoms with Crippen LogP contribution in [0.25, 0.3) is 0 Å². The van der Waals surface area contributed by atoms with Gasteiger partial charge in [0.15, 0.2) is 6.29 Å². The van der Waals surface area contributed by atoms with Gasteiger partial charge in [0.25, 0.3) is 0 Å². The maximum atomic E-state index is 13.1. The van der Waals surface area contributed by atoms with Crippen LogP contribution in [0.15, 0.2) is 36.5 Å². The molecule has 1 fully saturated rings. The number of aliphatic hydroxyl groups excluding tert-OH is 5. The number of carbonyl (C=O) groups excluding carboxylic acids is 1. The molecule has 0 saturated carbocycles. The Morgan fingerprint density at radius 3 is 1.48 bits per heavy atom. The van der Waals surface area contributed by atoms with Gasteiger partial charge in [0.05, 0.1) is 25.4 Å². The van der Waals surface area contributed by atoms with E-state index in [0.717, 1.165) is 64.2 Å². The Labute approximate surface area is 395 Å². The van der Waals surface area contributed by atoms with Gasteiger partial charge in [-0.15, -0.1) is 0 Å². The van der Waals surface area contributed by atoms with Crippen LogP contribution >= 0.6 is 0 Å². The minimum atomic E-state index is -5.12. The minimum absolute atomic E-state index is 0.230. The van der Waals surface area contributed by atoms with E-state index in [2.05, 4.69) is 47.7 Å². The number of hydrogen-bond acceptors (Lipinski definition) is 11. The maximum Gasteiger partial charge on any atom is 0.397 e. The van der Waals surface area contributed by atoms with Crippen molar-refractivity contribution in [2.75, 3.05) is 13.2 Å². The van der Waals surface area contributed by atoms with Crippen molar-refractivity contribution in [3.8, 4) is 0 Å². The molecule has 1 heterocycles. The summed E-state index contributed by atoms with van der Waals surface area (Å²) in [7, 11) is -5.12. The molecule has 7 N–H and O–H groups in total. The average molecular weight is 946 g/mol. The quantitative estimate of drug-likeness (QED) is 0.0173. The molecule has 0 aliphatic carbocycles. The fourth-order valence-electron chi connectivity index (χ4n) is 8.12. The first-order valence-corrected chi connectivity index (χ1v) is 27.3. The van der Waals surface area contributed by atoms with Crippen LogP contribution in [0, 0.1) is 0 Å². The van der Waals surface area contributed by atoms with Crippen LogP contribution < -0.4 is 5.32 Å². The first-order valence-electron chi connectivity index (χ1n) is 26.0. The topological polar surface area (TPSA) is 212 Å². The number of unbranched alkanes of at least 4 members (excludes halogenated alkanes) is 27. The Kier molecular flexibility index (Phi) is 38.9. The van der Waals surface area contributed by atoms with Crippen molar-refractivity contribution in [3.05, 3.63) is 36.5 Å². The van der Waals surface area contributed by atoms with Crippen molar-refractivity contribution in [3.63, 3.8) is 0 Å². The van der Waals surface area contributed by atoms with Crippen LogP contribution in [-0.2, 0) is 28.9 Å². The molecule has 1 rings (SSSR count). The van der Waals surface area contributed by atoms with E-state index in [4.69, 9.17) is 9.47 Å². The molecular formula is C51H95NO12S. The summed E-state index contributed by atoms with van der Waals surface area (Å²) in [4.78, 5) is 13.1. The molecule has 65 heavy (non-hydrogen) atoms. The van der Waals surface area contributed by atoms with E-state index in [9.17, 15) is 43.3 Å². The molecule has 1 aliphatic rings. The Hall–Kier alpha value is -1.72. The van der Waals surface area contributed by atoms with Crippen molar-refractivity contribution in [2.24, 2.45) is 0 Å². The van der Waals surface area contributed by atoms with E-state index >= 15 is 0 Å². The molecule has 0 aromatic heterocycles. The van der Waals surface area contributed by atoms with E-state index in [1.54, 1.807) is 6.08 Å². The molecule has 13 nitrogen and oxygen atoms in total. The average Bonchev–Trinajstić information content (AvgIpc) is 3.28. The lowest BCUT2D eigenvalue weighted by Gasteiger charge is -2.41. The van der Waals surface area contributed by atoms with E-state index in [-0.39, 0.29) is 6.42 Å². The number of rotatable bonds is 44. The zero-order valence-corrected chi connectivity index (χ0v) is 41.5. The lowest BCUT2D eigenvalue weighted by atomic mass is 9.99. The van der Waals surface area contributed by atoms with Gasteiger partial charge in [-0.2, -0.15) is 8.42 Å². The normalized spacial score (nSPS) is 20.9. The highest BCUT2D eigenvalue weighted by Crippen LogP contribution is 2.26. The number of carbonyl (C=O) groups is 1. The van der Waals surface area contributed by atoms with Crippen LogP contribution in [0.1, 0.15) is 219 Å². The highest BCUT2D eigenvalue weighted by Gasteiger charge is 2.48. The molecule has 382 valence electrons. The molecule has 0 bridgehead atoms. The van der Waals surface area contributed by atoms with Crippen LogP contribution in [0.3, 0.4) is 0 Å². The Balaban J connectivity index is 2.49. The van der Waals surface area contributed by atoms with Gasteiger partial charge >= 0.3 is 10.4 Å². The van der Waals surface area contributed by atoms with Crippen LogP contribution in [-0.4, -0.2) is 107 Å². The summed E-state index contributed by atoms with van der Waals surface area (Å²) < 4.78 is 47.6. The monoisotopic (exact) mass is 946 g/mol. The predicted octanol–water partition coefficient (Wildman–Crippen LogP) is 10.0. The highest BCUT2D eigenvalue weighted by atomic mass is 32.3. The fourth-order valence-corrected chi connectivity index (χ4v) is 8.63. The van der Waals surface area contributed by atoms with E-state index in [1.165, 1.54) is 128 Å². The molecule has 14 heteroatoms. The Morgan fingerprint density at radius 1 is 0.615 bits per heavy atom. The largest absolute Gasteiger partial charge is 0.397 e. The molecular weight excluding hydrogens is 851 g/mol. The van der Waals surface area contributed by atoms with Gasteiger partial charge < -0.3 is 40.3 Å². The second kappa shape index (κ2) is 41.3. The molecule has 8 unspecified atom stereocenters. The summed E-state index contributed by atoms with van der Waals surface area (Å²) in [5.74, 6) is -0.716. The Bertz CT molecular complexity index is 1310. The third-order valence-electron chi connectivity index (χ3n) is 12.3. The molecule has 1 amide bonds. The zero-order chi connectivity index (χ0) is 47.8. The molecule has 0 aromatic rings. The predicted molar refractivity (Wildman–Crippen MR) is 261 cm³/mol. The Morgan fingerprint density at radius 2 is 1.03 bits per heavy atom. The van der Waals surface area contributed by atoms with E-state index < -0.39 is 78.5 Å². The van der Waals surface area contributed by atoms with Gasteiger partial charge in [0, 0.05) is 0 Å². The minimum Gasteiger partial charge on any atom is -0.394 e. The van der Waals surface area contributed by atoms with E-state index in [1.807, 2.05) is 0 Å². The lowest BCUT2D eigenvalue weighted by Crippen LogP contribution is -2.61. The van der Waals surface area contributed by atoms with Crippen LogP contribution in [0.4, 0.5) is 0 Å². The molecule has 1 saturated heterocycles. The SMILES string of the molecule is CCCCCCCCCC/C=C/CC/C=C/C(O)C(COC1OC(CO)C(O)C(OS(=O)(=O)O)C1O)NC(=O)C(O)CCCCCCCC/C=C\CCCCCCCCCCCCCC. The maximum absolute atomic E-state index is 13.1. The van der Waals surface area contributed by atoms with Gasteiger partial charge in [-0.25, -0.2) is 4.18 Å². The lowest BCUT2D eigenvalue weighted by molar-refractivity contribution is -0.298. The van der Waals surface area contributed by atoms with Crippen LogP contribution in [0.5, 0.6) is 0 Å². The van der Waals surface area contributed by atoms with Crippen molar-refractivity contribution in [1.82, 2.24) is 5.32 Å². The van der Waals surface area contributed by atoms with E-state index in [0.29, 0.717) is 12.8 Å². The van der Waals surface area contributed by atoms with Crippen molar-refractivity contribution >= 4 is 16.3 Å². The highest BCUT2D eigenvalue weighted by molar-refractivity contribution is 7.80. The van der Waals surface area contributed by atoms with Gasteiger partial charge in [-0.3, -0.25) is 9.35 Å². The molecule has 0 spiro atoms. The summed E-state index contributed by atoms with van der Waals surface area (Å²) in [5.41, 5.74) is 0. The number of hydrogen-bond donors (Lipinski definition) is 7. The summed E-state index contributed by atoms with van der Waals surface area (Å²) in [6.45, 7) is 3.21. The van der Waals surface area contributed by atoms with Crippen molar-refractivity contribution in [1.29, 1.82) is 0 Å². The van der Waals surface area contributed by atoms with Crippen molar-refractivity contribution in [2.45, 2.75) is 268 Å². The molecule has 1 aliphatic heterocycles. The fraction of sp³-hybridized carbons (Fsp3) is 0.863. The third-order valence-corrected chi connectivity index (χ3v) is 12.7. The van der Waals surface area contributed by atoms with Crippen molar-refractivity contribution < 1.29 is 57.0 Å². The number of amides is 1.